The smallest absolute Gasteiger partial charge is 0.229 e. The second-order valence-corrected chi connectivity index (χ2v) is 8.67. The van der Waals surface area contributed by atoms with Crippen LogP contribution < -0.4 is 0 Å². The number of hydrogen-bond donors (Lipinski definition) is 1. The van der Waals surface area contributed by atoms with Gasteiger partial charge < -0.3 is 9.52 Å². The van der Waals surface area contributed by atoms with Crippen molar-refractivity contribution in [2.24, 2.45) is 0 Å². The molecule has 4 nitrogen and oxygen atoms in total. The second kappa shape index (κ2) is 9.47. The normalized spacial score (nSPS) is 10.8. The van der Waals surface area contributed by atoms with Crippen molar-refractivity contribution in [3.63, 3.8) is 0 Å². The summed E-state index contributed by atoms with van der Waals surface area (Å²) in [6.07, 6.45) is 1.43. The van der Waals surface area contributed by atoms with Gasteiger partial charge in [0.05, 0.1) is 11.8 Å². The van der Waals surface area contributed by atoms with Crippen LogP contribution in [-0.2, 0) is 0 Å². The molecule has 0 saturated carbocycles. The molecule has 0 atom stereocenters. The Balaban J connectivity index is 2.02. The van der Waals surface area contributed by atoms with E-state index in [-0.39, 0.29) is 28.6 Å². The Morgan fingerprint density at radius 1 is 0.938 bits per heavy atom. The number of benzene rings is 3. The van der Waals surface area contributed by atoms with Gasteiger partial charge in [-0.05, 0) is 47.2 Å². The molecule has 0 spiro atoms. The summed E-state index contributed by atoms with van der Waals surface area (Å²) < 4.78 is 5.38. The quantitative estimate of drug-likeness (QED) is 0.239. The number of carbonyl (C=O) groups is 2. The van der Waals surface area contributed by atoms with Crippen LogP contribution in [0.5, 0.6) is 5.75 Å². The van der Waals surface area contributed by atoms with Crippen LogP contribution in [-0.4, -0.2) is 22.4 Å². The van der Waals surface area contributed by atoms with Gasteiger partial charge >= 0.3 is 0 Å². The molecule has 4 rings (SSSR count). The van der Waals surface area contributed by atoms with E-state index in [4.69, 9.17) is 16.0 Å². The molecule has 0 amide bonds. The number of aromatic hydroxyl groups is 1. The molecule has 32 heavy (non-hydrogen) atoms. The van der Waals surface area contributed by atoms with Gasteiger partial charge in [-0.2, -0.15) is 0 Å². The largest absolute Gasteiger partial charge is 0.507 e. The maximum Gasteiger partial charge on any atom is 0.229 e. The second-order valence-electron chi connectivity index (χ2n) is 6.96. The van der Waals surface area contributed by atoms with Crippen molar-refractivity contribution in [2.75, 3.05) is 5.75 Å². The van der Waals surface area contributed by atoms with E-state index >= 15 is 0 Å². The number of phenolic OH excluding ortho intramolecular Hbond substituents is 1. The summed E-state index contributed by atoms with van der Waals surface area (Å²) in [5.74, 6) is -0.150. The van der Waals surface area contributed by atoms with Gasteiger partial charge in [-0.3, -0.25) is 9.59 Å². The maximum atomic E-state index is 13.6. The molecule has 3 aromatic carbocycles. The van der Waals surface area contributed by atoms with Gasteiger partial charge in [-0.1, -0.05) is 61.0 Å². The average molecular weight is 463 g/mol. The number of phenols is 1. The molecule has 4 aromatic rings. The lowest BCUT2D eigenvalue weighted by atomic mass is 9.91. The molecule has 0 radical (unpaired) electrons. The van der Waals surface area contributed by atoms with Gasteiger partial charge in [0.25, 0.3) is 0 Å². The summed E-state index contributed by atoms with van der Waals surface area (Å²) in [6.45, 7) is 1.93. The minimum atomic E-state index is -0.363. The lowest BCUT2D eigenvalue weighted by molar-refractivity contribution is 0.101. The fraction of sp³-hybridized carbons (Fsp3) is 0.0769. The Bertz CT molecular complexity index is 1260. The Morgan fingerprint density at radius 3 is 2.28 bits per heavy atom. The van der Waals surface area contributed by atoms with Crippen LogP contribution in [0.1, 0.15) is 39.0 Å². The van der Waals surface area contributed by atoms with Crippen LogP contribution in [0.25, 0.3) is 11.1 Å². The third-order valence-electron chi connectivity index (χ3n) is 4.94. The summed E-state index contributed by atoms with van der Waals surface area (Å²) in [5, 5.41) is 11.5. The summed E-state index contributed by atoms with van der Waals surface area (Å²) >= 11 is 7.38. The van der Waals surface area contributed by atoms with E-state index in [0.717, 1.165) is 0 Å². The lowest BCUT2D eigenvalue weighted by Crippen LogP contribution is -2.11. The first-order valence-corrected chi connectivity index (χ1v) is 11.3. The summed E-state index contributed by atoms with van der Waals surface area (Å²) in [6, 6.07) is 20.4. The number of carbonyl (C=O) groups excluding carboxylic acids is 2. The van der Waals surface area contributed by atoms with E-state index in [1.54, 1.807) is 60.7 Å². The Morgan fingerprint density at radius 2 is 1.66 bits per heavy atom. The molecule has 0 fully saturated rings. The van der Waals surface area contributed by atoms with E-state index in [2.05, 4.69) is 0 Å². The van der Waals surface area contributed by atoms with E-state index in [1.165, 1.54) is 24.1 Å². The molecule has 1 aromatic heterocycles. The molecular formula is C26H19ClO4S. The SMILES string of the molecule is CCSc1c(C(=O)c2ccccc2)c(O)cc(-c2ccc(Cl)cc2)c1C(=O)c1ccco1. The Hall–Kier alpha value is -3.28. The first-order chi connectivity index (χ1) is 15.5. The van der Waals surface area contributed by atoms with Crippen LogP contribution in [0.15, 0.2) is 88.4 Å². The van der Waals surface area contributed by atoms with Crippen LogP contribution in [0.3, 0.4) is 0 Å². The van der Waals surface area contributed by atoms with Crippen molar-refractivity contribution < 1.29 is 19.1 Å². The highest BCUT2D eigenvalue weighted by Gasteiger charge is 2.29. The van der Waals surface area contributed by atoms with Gasteiger partial charge in [-0.15, -0.1) is 11.8 Å². The van der Waals surface area contributed by atoms with Gasteiger partial charge in [-0.25, -0.2) is 0 Å². The van der Waals surface area contributed by atoms with Gasteiger partial charge in [0, 0.05) is 21.0 Å². The fourth-order valence-electron chi connectivity index (χ4n) is 3.50. The molecule has 1 N–H and O–H groups in total. The zero-order chi connectivity index (χ0) is 22.7. The monoisotopic (exact) mass is 462 g/mol. The molecule has 1 heterocycles. The van der Waals surface area contributed by atoms with Crippen molar-refractivity contribution in [3.8, 4) is 16.9 Å². The van der Waals surface area contributed by atoms with Crippen molar-refractivity contribution >= 4 is 34.9 Å². The molecule has 0 aliphatic rings. The van der Waals surface area contributed by atoms with Crippen molar-refractivity contribution in [2.45, 2.75) is 11.8 Å². The lowest BCUT2D eigenvalue weighted by Gasteiger charge is -2.18. The molecule has 0 unspecified atom stereocenters. The predicted molar refractivity (Wildman–Crippen MR) is 127 cm³/mol. The molecule has 160 valence electrons. The molecule has 0 aliphatic heterocycles. The highest BCUT2D eigenvalue weighted by molar-refractivity contribution is 7.99. The van der Waals surface area contributed by atoms with Crippen molar-refractivity contribution in [3.05, 3.63) is 107 Å². The Kier molecular flexibility index (Phi) is 6.49. The minimum Gasteiger partial charge on any atom is -0.507 e. The topological polar surface area (TPSA) is 67.5 Å². The third kappa shape index (κ3) is 4.22. The van der Waals surface area contributed by atoms with Crippen molar-refractivity contribution in [1.82, 2.24) is 0 Å². The van der Waals surface area contributed by atoms with Crippen LogP contribution in [0, 0.1) is 0 Å². The third-order valence-corrected chi connectivity index (χ3v) is 6.18. The zero-order valence-corrected chi connectivity index (χ0v) is 18.7. The van der Waals surface area contributed by atoms with Crippen LogP contribution >= 0.6 is 23.4 Å². The summed E-state index contributed by atoms with van der Waals surface area (Å²) in [4.78, 5) is 27.4. The number of furan rings is 1. The Labute approximate surface area is 194 Å². The highest BCUT2D eigenvalue weighted by Crippen LogP contribution is 2.42. The average Bonchev–Trinajstić information content (AvgIpc) is 3.34. The van der Waals surface area contributed by atoms with E-state index in [1.807, 2.05) is 13.0 Å². The van der Waals surface area contributed by atoms with Crippen molar-refractivity contribution in [1.29, 1.82) is 0 Å². The number of thioether (sulfide) groups is 1. The van der Waals surface area contributed by atoms with Gasteiger partial charge in [0.2, 0.25) is 5.78 Å². The van der Waals surface area contributed by atoms with E-state index in [9.17, 15) is 14.7 Å². The standard InChI is InChI=1S/C26H19ClO4S/c1-2-32-26-22(25(30)21-9-6-14-31-21)19(16-10-12-18(27)13-11-16)15-20(28)23(26)24(29)17-7-4-3-5-8-17/h3-15,28H,2H2,1H3. The van der Waals surface area contributed by atoms with E-state index < -0.39 is 0 Å². The molecule has 6 heteroatoms. The molecule has 0 bridgehead atoms. The number of halogens is 1. The first-order valence-electron chi connectivity index (χ1n) is 9.98. The van der Waals surface area contributed by atoms with Gasteiger partial charge in [0.15, 0.2) is 11.5 Å². The molecule has 0 saturated heterocycles. The van der Waals surface area contributed by atoms with Crippen LogP contribution in [0.4, 0.5) is 0 Å². The zero-order valence-electron chi connectivity index (χ0n) is 17.2. The first kappa shape index (κ1) is 21.9. The maximum absolute atomic E-state index is 13.6. The van der Waals surface area contributed by atoms with Gasteiger partial charge in [0.1, 0.15) is 5.75 Å². The number of hydrogen-bond acceptors (Lipinski definition) is 5. The predicted octanol–water partition coefficient (Wildman–Crippen LogP) is 6.88. The number of ketones is 2. The van der Waals surface area contributed by atoms with E-state index in [0.29, 0.717) is 37.9 Å². The minimum absolute atomic E-state index is 0.107. The number of rotatable bonds is 7. The summed E-state index contributed by atoms with van der Waals surface area (Å²) in [7, 11) is 0. The molecular weight excluding hydrogens is 444 g/mol. The highest BCUT2D eigenvalue weighted by atomic mass is 35.5. The summed E-state index contributed by atoms with van der Waals surface area (Å²) in [5.41, 5.74) is 2.04. The fourth-order valence-corrected chi connectivity index (χ4v) is 4.60. The van der Waals surface area contributed by atoms with Crippen LogP contribution in [0.2, 0.25) is 5.02 Å². The molecule has 0 aliphatic carbocycles.